The molecule has 1 heterocycles. The highest BCUT2D eigenvalue weighted by atomic mass is 79.9. The van der Waals surface area contributed by atoms with Gasteiger partial charge in [-0.15, -0.1) is 0 Å². The Morgan fingerprint density at radius 2 is 2.15 bits per heavy atom. The second-order valence-corrected chi connectivity index (χ2v) is 3.11. The summed E-state index contributed by atoms with van der Waals surface area (Å²) in [6, 6.07) is 0. The molecule has 0 aliphatic carbocycles. The molecule has 1 rings (SSSR count). The van der Waals surface area contributed by atoms with Gasteiger partial charge in [0.05, 0.1) is 5.56 Å². The molecule has 1 aromatic heterocycles. The van der Waals surface area contributed by atoms with Crippen LogP contribution < -0.4 is 0 Å². The van der Waals surface area contributed by atoms with Gasteiger partial charge < -0.3 is 0 Å². The fraction of sp³-hybridized carbons (Fsp3) is 0.375. The number of hydrogen-bond acceptors (Lipinski definition) is 1. The van der Waals surface area contributed by atoms with Gasteiger partial charge in [-0.1, -0.05) is 15.9 Å². The van der Waals surface area contributed by atoms with Crippen molar-refractivity contribution in [3.63, 3.8) is 0 Å². The molecule has 0 amide bonds. The van der Waals surface area contributed by atoms with Gasteiger partial charge in [-0.25, -0.2) is 13.8 Å². The van der Waals surface area contributed by atoms with E-state index in [9.17, 15) is 13.2 Å². The van der Waals surface area contributed by atoms with E-state index in [-0.39, 0.29) is 5.56 Å². The Bertz CT molecular complexity index is 315. The third-order valence-corrected chi connectivity index (χ3v) is 2.41. The summed E-state index contributed by atoms with van der Waals surface area (Å²) in [6.45, 7) is 1.46. The van der Waals surface area contributed by atoms with Gasteiger partial charge in [-0.05, 0) is 18.1 Å². The van der Waals surface area contributed by atoms with Crippen LogP contribution in [0.2, 0.25) is 0 Å². The summed E-state index contributed by atoms with van der Waals surface area (Å²) >= 11 is 3.11. The molecule has 0 unspecified atom stereocenters. The smallest absolute Gasteiger partial charge is 0.228 e. The molecule has 0 aliphatic rings. The predicted molar refractivity (Wildman–Crippen MR) is 46.5 cm³/mol. The summed E-state index contributed by atoms with van der Waals surface area (Å²) in [5.41, 5.74) is 0.244. The summed E-state index contributed by atoms with van der Waals surface area (Å²) < 4.78 is 37.4. The fourth-order valence-electron chi connectivity index (χ4n) is 1.02. The first kappa shape index (κ1) is 10.5. The molecule has 0 atom stereocenters. The van der Waals surface area contributed by atoms with Crippen molar-refractivity contribution in [1.29, 1.82) is 0 Å². The Hall–Kier alpha value is -0.580. The molecule has 0 saturated heterocycles. The molecule has 13 heavy (non-hydrogen) atoms. The second-order valence-electron chi connectivity index (χ2n) is 2.55. The number of halogens is 4. The average molecular weight is 254 g/mol. The normalized spacial score (nSPS) is 10.9. The van der Waals surface area contributed by atoms with Crippen LogP contribution in [-0.2, 0) is 5.33 Å². The maximum atomic E-state index is 12.8. The molecule has 0 saturated carbocycles. The lowest BCUT2D eigenvalue weighted by Crippen LogP contribution is -2.01. The van der Waals surface area contributed by atoms with Gasteiger partial charge in [-0.3, -0.25) is 0 Å². The second kappa shape index (κ2) is 4.09. The summed E-state index contributed by atoms with van der Waals surface area (Å²) in [5.74, 6) is -1.09. The van der Waals surface area contributed by atoms with Crippen molar-refractivity contribution in [2.75, 3.05) is 0 Å². The van der Waals surface area contributed by atoms with E-state index in [0.29, 0.717) is 10.9 Å². The number of pyridine rings is 1. The van der Waals surface area contributed by atoms with Crippen LogP contribution >= 0.6 is 15.9 Å². The van der Waals surface area contributed by atoms with Crippen LogP contribution in [0.1, 0.15) is 23.1 Å². The third-order valence-electron chi connectivity index (χ3n) is 1.80. The lowest BCUT2D eigenvalue weighted by atomic mass is 10.1. The minimum Gasteiger partial charge on any atom is -0.228 e. The zero-order valence-corrected chi connectivity index (χ0v) is 8.41. The van der Waals surface area contributed by atoms with Crippen LogP contribution in [0.5, 0.6) is 0 Å². The lowest BCUT2D eigenvalue weighted by Gasteiger charge is -2.08. The Labute approximate surface area is 82.1 Å². The van der Waals surface area contributed by atoms with E-state index in [1.54, 1.807) is 0 Å². The van der Waals surface area contributed by atoms with Crippen molar-refractivity contribution in [2.45, 2.75) is 18.7 Å². The number of aromatic nitrogens is 1. The van der Waals surface area contributed by atoms with E-state index in [2.05, 4.69) is 20.9 Å². The molecule has 0 N–H and O–H groups in total. The van der Waals surface area contributed by atoms with Gasteiger partial charge in [0.25, 0.3) is 6.43 Å². The van der Waals surface area contributed by atoms with E-state index in [1.165, 1.54) is 13.1 Å². The van der Waals surface area contributed by atoms with Gasteiger partial charge in [0, 0.05) is 11.5 Å². The van der Waals surface area contributed by atoms with E-state index in [1.807, 2.05) is 0 Å². The van der Waals surface area contributed by atoms with Gasteiger partial charge in [0.2, 0.25) is 5.95 Å². The van der Waals surface area contributed by atoms with E-state index in [0.717, 1.165) is 0 Å². The topological polar surface area (TPSA) is 12.9 Å². The maximum Gasteiger partial charge on any atom is 0.268 e. The highest BCUT2D eigenvalue weighted by Crippen LogP contribution is 2.27. The number of hydrogen-bond donors (Lipinski definition) is 0. The molecule has 1 nitrogen and oxygen atoms in total. The molecule has 72 valence electrons. The van der Waals surface area contributed by atoms with E-state index < -0.39 is 17.9 Å². The van der Waals surface area contributed by atoms with Crippen LogP contribution in [0.25, 0.3) is 0 Å². The van der Waals surface area contributed by atoms with Crippen molar-refractivity contribution in [2.24, 2.45) is 0 Å². The molecule has 0 bridgehead atoms. The Kier molecular flexibility index (Phi) is 3.30. The van der Waals surface area contributed by atoms with Crippen LogP contribution in [0.4, 0.5) is 13.2 Å². The number of nitrogens with zero attached hydrogens (tertiary/aromatic N) is 1. The molecular formula is C8H7BrF3N. The van der Waals surface area contributed by atoms with Crippen LogP contribution in [0, 0.1) is 12.9 Å². The molecule has 5 heteroatoms. The van der Waals surface area contributed by atoms with Gasteiger partial charge >= 0.3 is 0 Å². The summed E-state index contributed by atoms with van der Waals surface area (Å²) in [4.78, 5) is 3.26. The molecule has 0 spiro atoms. The zero-order chi connectivity index (χ0) is 10.0. The summed E-state index contributed by atoms with van der Waals surface area (Å²) in [7, 11) is 0. The molecule has 0 radical (unpaired) electrons. The molecular weight excluding hydrogens is 247 g/mol. The third kappa shape index (κ3) is 2.02. The van der Waals surface area contributed by atoms with Crippen molar-refractivity contribution in [1.82, 2.24) is 4.98 Å². The molecule has 1 aromatic rings. The van der Waals surface area contributed by atoms with Crippen molar-refractivity contribution in [3.8, 4) is 0 Å². The molecule has 0 fully saturated rings. The lowest BCUT2D eigenvalue weighted by molar-refractivity contribution is 0.144. The quantitative estimate of drug-likeness (QED) is 0.582. The van der Waals surface area contributed by atoms with E-state index in [4.69, 9.17) is 0 Å². The number of rotatable bonds is 2. The van der Waals surface area contributed by atoms with Crippen LogP contribution in [-0.4, -0.2) is 4.98 Å². The Morgan fingerprint density at radius 3 is 2.62 bits per heavy atom. The van der Waals surface area contributed by atoms with Crippen molar-refractivity contribution < 1.29 is 13.2 Å². The van der Waals surface area contributed by atoms with Crippen LogP contribution in [0.3, 0.4) is 0 Å². The SMILES string of the molecule is Cc1c(CBr)cnc(F)c1C(F)F. The monoisotopic (exact) mass is 253 g/mol. The molecule has 0 aliphatic heterocycles. The summed E-state index contributed by atoms with van der Waals surface area (Å²) in [6.07, 6.45) is -1.56. The zero-order valence-electron chi connectivity index (χ0n) is 6.82. The highest BCUT2D eigenvalue weighted by Gasteiger charge is 2.19. The van der Waals surface area contributed by atoms with Gasteiger partial charge in [0.15, 0.2) is 0 Å². The minimum atomic E-state index is -2.81. The first-order valence-electron chi connectivity index (χ1n) is 3.56. The standard InChI is InChI=1S/C8H7BrF3N/c1-4-5(2-9)3-13-8(12)6(4)7(10)11/h3,7H,2H2,1H3. The fourth-order valence-corrected chi connectivity index (χ4v) is 1.58. The largest absolute Gasteiger partial charge is 0.268 e. The Morgan fingerprint density at radius 1 is 1.54 bits per heavy atom. The first-order valence-corrected chi connectivity index (χ1v) is 4.68. The average Bonchev–Trinajstić information content (AvgIpc) is 2.04. The minimum absolute atomic E-state index is 0.263. The van der Waals surface area contributed by atoms with Gasteiger partial charge in [-0.2, -0.15) is 4.39 Å². The first-order chi connectivity index (χ1) is 6.07. The van der Waals surface area contributed by atoms with Gasteiger partial charge in [0.1, 0.15) is 0 Å². The van der Waals surface area contributed by atoms with Crippen molar-refractivity contribution in [3.05, 3.63) is 28.8 Å². The molecule has 0 aromatic carbocycles. The van der Waals surface area contributed by atoms with Crippen molar-refractivity contribution >= 4 is 15.9 Å². The Balaban J connectivity index is 3.30. The summed E-state index contributed by atoms with van der Waals surface area (Å²) in [5, 5.41) is 0.395. The predicted octanol–water partition coefficient (Wildman–Crippen LogP) is 3.36. The number of alkyl halides is 3. The van der Waals surface area contributed by atoms with Crippen LogP contribution in [0.15, 0.2) is 6.20 Å². The highest BCUT2D eigenvalue weighted by molar-refractivity contribution is 9.08. The maximum absolute atomic E-state index is 12.8. The van der Waals surface area contributed by atoms with E-state index >= 15 is 0 Å².